The van der Waals surface area contributed by atoms with Crippen molar-refractivity contribution in [3.63, 3.8) is 0 Å². The van der Waals surface area contributed by atoms with Gasteiger partial charge in [-0.2, -0.15) is 6.42 Å². The third-order valence-corrected chi connectivity index (χ3v) is 0.854. The normalized spacial score (nSPS) is 7.27. The maximum Gasteiger partial charge on any atom is 3.00 e. The molecule has 63 valence electrons. The largest absolute Gasteiger partial charge is 3.00 e. The van der Waals surface area contributed by atoms with E-state index in [9.17, 15) is 0 Å². The van der Waals surface area contributed by atoms with E-state index in [-0.39, 0.29) is 40.8 Å². The summed E-state index contributed by atoms with van der Waals surface area (Å²) in [5, 5.41) is 0. The van der Waals surface area contributed by atoms with Crippen LogP contribution in [0.1, 0.15) is 32.6 Å². The van der Waals surface area contributed by atoms with Crippen molar-refractivity contribution in [2.24, 2.45) is 0 Å². The maximum atomic E-state index is 8.48. The van der Waals surface area contributed by atoms with Gasteiger partial charge in [0.05, 0.1) is 0 Å². The van der Waals surface area contributed by atoms with Gasteiger partial charge < -0.3 is 16.7 Å². The van der Waals surface area contributed by atoms with Crippen LogP contribution in [0.5, 0.6) is 0 Å². The van der Waals surface area contributed by atoms with Gasteiger partial charge >= 0.3 is 40.8 Å². The van der Waals surface area contributed by atoms with Gasteiger partial charge in [0.15, 0.2) is 0 Å². The molecular formula is C6H13NdO3P+. The van der Waals surface area contributed by atoms with Crippen molar-refractivity contribution in [2.75, 3.05) is 0 Å². The van der Waals surface area contributed by atoms with Gasteiger partial charge in [-0.1, -0.05) is 30.8 Å². The Morgan fingerprint density at radius 3 is 1.82 bits per heavy atom. The standard InChI is InChI=1S/C6H13.Nd.HO3P/c1-3-5-6-4-2;;1-4(2)3/h1,3-6H2,2H3;;(H,1,2,3)/q-1;+3;/p-1. The molecule has 0 unspecified atom stereocenters. The fourth-order valence-corrected chi connectivity index (χ4v) is 0.427. The van der Waals surface area contributed by atoms with Crippen molar-refractivity contribution in [3.05, 3.63) is 6.92 Å². The third kappa shape index (κ3) is 52.3. The second-order valence-electron chi connectivity index (χ2n) is 1.78. The summed E-state index contributed by atoms with van der Waals surface area (Å²) in [4.78, 5) is 17.0. The van der Waals surface area contributed by atoms with Gasteiger partial charge in [0.1, 0.15) is 0 Å². The molecule has 0 spiro atoms. The predicted octanol–water partition coefficient (Wildman–Crippen LogP) is 0.765. The first-order valence-corrected chi connectivity index (χ1v) is 4.35. The van der Waals surface area contributed by atoms with E-state index in [1.807, 2.05) is 0 Å². The summed E-state index contributed by atoms with van der Waals surface area (Å²) >= 11 is 0. The van der Waals surface area contributed by atoms with E-state index < -0.39 is 8.25 Å². The first kappa shape index (κ1) is 18.2. The molecule has 0 aliphatic heterocycles. The molecule has 0 aliphatic rings. The summed E-state index contributed by atoms with van der Waals surface area (Å²) in [6, 6.07) is 0. The molecule has 5 heteroatoms. The Bertz CT molecular complexity index is 72.2. The molecular weight excluding hydrogens is 295 g/mol. The van der Waals surface area contributed by atoms with E-state index in [0.717, 1.165) is 6.42 Å². The smallest absolute Gasteiger partial charge is 0.598 e. The minimum atomic E-state index is -3.37. The molecule has 1 radical (unpaired) electrons. The quantitative estimate of drug-likeness (QED) is 0.439. The van der Waals surface area contributed by atoms with E-state index in [4.69, 9.17) is 14.4 Å². The van der Waals surface area contributed by atoms with Gasteiger partial charge in [0, 0.05) is 0 Å². The molecule has 0 bridgehead atoms. The topological polar surface area (TPSA) is 63.2 Å². The molecule has 0 aliphatic carbocycles. The van der Waals surface area contributed by atoms with Crippen molar-refractivity contribution < 1.29 is 55.2 Å². The molecule has 0 aromatic heterocycles. The zero-order valence-corrected chi connectivity index (χ0v) is 10.8. The number of hydrogen-bond donors (Lipinski definition) is 0. The van der Waals surface area contributed by atoms with Crippen molar-refractivity contribution in [2.45, 2.75) is 32.6 Å². The van der Waals surface area contributed by atoms with Crippen LogP contribution in [-0.4, -0.2) is 0 Å². The fraction of sp³-hybridized carbons (Fsp3) is 0.833. The van der Waals surface area contributed by atoms with Crippen molar-refractivity contribution >= 4 is 8.25 Å². The molecule has 0 heterocycles. The summed E-state index contributed by atoms with van der Waals surface area (Å²) in [7, 11) is -3.37. The molecule has 0 rings (SSSR count). The van der Waals surface area contributed by atoms with Gasteiger partial charge in [-0.15, -0.1) is 0 Å². The van der Waals surface area contributed by atoms with E-state index in [1.165, 1.54) is 19.3 Å². The second-order valence-corrected chi connectivity index (χ2v) is 2.23. The molecule has 0 fully saturated rings. The van der Waals surface area contributed by atoms with Crippen LogP contribution in [0.2, 0.25) is 0 Å². The summed E-state index contributed by atoms with van der Waals surface area (Å²) in [5.41, 5.74) is 0. The Kier molecular flexibility index (Phi) is 28.9. The SMILES string of the molecule is O=[P+]([O-])[O-].[CH2-]CCCCC.[Nd+3]. The molecule has 0 atom stereocenters. The fourth-order valence-electron chi connectivity index (χ4n) is 0.427. The van der Waals surface area contributed by atoms with Crippen LogP contribution in [-0.2, 0) is 4.57 Å². The van der Waals surface area contributed by atoms with Gasteiger partial charge in [-0.3, -0.25) is 0 Å². The van der Waals surface area contributed by atoms with E-state index in [1.54, 1.807) is 0 Å². The zero-order valence-electron chi connectivity index (χ0n) is 6.71. The van der Waals surface area contributed by atoms with Crippen molar-refractivity contribution in [1.82, 2.24) is 0 Å². The summed E-state index contributed by atoms with van der Waals surface area (Å²) < 4.78 is 8.48. The minimum absolute atomic E-state index is 0. The minimum Gasteiger partial charge on any atom is -0.598 e. The van der Waals surface area contributed by atoms with Gasteiger partial charge in [0.2, 0.25) is 0 Å². The van der Waals surface area contributed by atoms with Crippen LogP contribution in [0.15, 0.2) is 0 Å². The van der Waals surface area contributed by atoms with Crippen molar-refractivity contribution in [1.29, 1.82) is 0 Å². The first-order chi connectivity index (χ1) is 4.65. The first-order valence-electron chi connectivity index (χ1n) is 3.25. The van der Waals surface area contributed by atoms with Crippen LogP contribution in [0, 0.1) is 47.8 Å². The Balaban J connectivity index is -0.000000114. The summed E-state index contributed by atoms with van der Waals surface area (Å²) in [5.74, 6) is 0. The van der Waals surface area contributed by atoms with Crippen LogP contribution in [0.25, 0.3) is 0 Å². The van der Waals surface area contributed by atoms with Gasteiger partial charge in [0.25, 0.3) is 8.25 Å². The maximum absolute atomic E-state index is 8.48. The Labute approximate surface area is 102 Å². The van der Waals surface area contributed by atoms with Crippen LogP contribution in [0.3, 0.4) is 0 Å². The Morgan fingerprint density at radius 1 is 1.36 bits per heavy atom. The monoisotopic (exact) mass is 306 g/mol. The predicted molar refractivity (Wildman–Crippen MR) is 37.1 cm³/mol. The van der Waals surface area contributed by atoms with Gasteiger partial charge in [-0.05, 0) is 0 Å². The van der Waals surface area contributed by atoms with Crippen LogP contribution in [0.4, 0.5) is 0 Å². The molecule has 0 N–H and O–H groups in total. The Morgan fingerprint density at radius 2 is 1.73 bits per heavy atom. The summed E-state index contributed by atoms with van der Waals surface area (Å²) in [6.45, 7) is 5.93. The second kappa shape index (κ2) is 17.5. The van der Waals surface area contributed by atoms with E-state index in [2.05, 4.69) is 13.8 Å². The average molecular weight is 308 g/mol. The molecule has 0 aromatic rings. The van der Waals surface area contributed by atoms with Crippen LogP contribution < -0.4 is 9.79 Å². The van der Waals surface area contributed by atoms with Crippen LogP contribution >= 0.6 is 8.25 Å². The molecule has 0 amide bonds. The van der Waals surface area contributed by atoms with Gasteiger partial charge in [-0.25, -0.2) is 0 Å². The summed E-state index contributed by atoms with van der Waals surface area (Å²) in [6.07, 6.45) is 5.07. The number of hydrogen-bond acceptors (Lipinski definition) is 3. The number of unbranched alkanes of at least 4 members (excludes halogenated alkanes) is 3. The van der Waals surface area contributed by atoms with E-state index in [0.29, 0.717) is 0 Å². The zero-order chi connectivity index (χ0) is 8.41. The van der Waals surface area contributed by atoms with E-state index >= 15 is 0 Å². The number of rotatable bonds is 3. The molecule has 11 heavy (non-hydrogen) atoms. The third-order valence-electron chi connectivity index (χ3n) is 0.854. The van der Waals surface area contributed by atoms with Crippen molar-refractivity contribution in [3.8, 4) is 0 Å². The average Bonchev–Trinajstić information content (AvgIpc) is 1.82. The molecule has 0 aromatic carbocycles. The molecule has 0 saturated heterocycles. The molecule has 0 saturated carbocycles. The molecule has 3 nitrogen and oxygen atoms in total. The Hall–Kier alpha value is 1.37.